The molecule has 4 heteroatoms. The molecule has 104 valence electrons. The Kier molecular flexibility index (Phi) is 6.64. The fourth-order valence-corrected chi connectivity index (χ4v) is 1.88. The number of ether oxygens (including phenoxy) is 1. The Hall–Kier alpha value is -1.84. The molecule has 2 rings (SSSR count). The van der Waals surface area contributed by atoms with Gasteiger partial charge in [-0.15, -0.1) is 0 Å². The van der Waals surface area contributed by atoms with Crippen LogP contribution in [0.15, 0.2) is 46.9 Å². The standard InChI is InChI=1S/C14H19N3O.CH4/c1-18-14-8-6-13(7-9-14)5-2-3-11-17-12-4-10-15-16-17;/h4,6-9,12H,2-3,5,10-11H2,1H3;1H4. The highest BCUT2D eigenvalue weighted by molar-refractivity contribution is 5.27. The largest absolute Gasteiger partial charge is 0.497 e. The van der Waals surface area contributed by atoms with E-state index in [2.05, 4.69) is 22.5 Å². The molecule has 0 unspecified atom stereocenters. The Morgan fingerprint density at radius 1 is 1.21 bits per heavy atom. The molecule has 1 aromatic carbocycles. The number of rotatable bonds is 6. The monoisotopic (exact) mass is 261 g/mol. The van der Waals surface area contributed by atoms with E-state index in [9.17, 15) is 0 Å². The van der Waals surface area contributed by atoms with E-state index in [0.717, 1.165) is 31.6 Å². The van der Waals surface area contributed by atoms with E-state index < -0.39 is 0 Å². The van der Waals surface area contributed by atoms with Gasteiger partial charge in [0.15, 0.2) is 0 Å². The minimum absolute atomic E-state index is 0. The van der Waals surface area contributed by atoms with Crippen molar-refractivity contribution in [1.82, 2.24) is 5.01 Å². The zero-order valence-electron chi connectivity index (χ0n) is 10.7. The lowest BCUT2D eigenvalue weighted by molar-refractivity contribution is 0.349. The lowest BCUT2D eigenvalue weighted by atomic mass is 10.1. The Balaban J connectivity index is 0.00000180. The van der Waals surface area contributed by atoms with Crippen LogP contribution in [0.25, 0.3) is 0 Å². The van der Waals surface area contributed by atoms with E-state index in [0.29, 0.717) is 6.54 Å². The first-order valence-electron chi connectivity index (χ1n) is 6.32. The Labute approximate surface area is 115 Å². The van der Waals surface area contributed by atoms with Crippen molar-refractivity contribution in [3.63, 3.8) is 0 Å². The van der Waals surface area contributed by atoms with Gasteiger partial charge in [0.2, 0.25) is 0 Å². The number of aryl methyl sites for hydroxylation is 1. The SMILES string of the molecule is C.COc1ccc(CCCCN2C=CCN=N2)cc1. The van der Waals surface area contributed by atoms with Crippen LogP contribution in [0.3, 0.4) is 0 Å². The second-order valence-electron chi connectivity index (χ2n) is 4.27. The molecule has 0 bridgehead atoms. The molecule has 0 atom stereocenters. The van der Waals surface area contributed by atoms with Gasteiger partial charge in [0, 0.05) is 12.7 Å². The molecule has 1 aliphatic rings. The highest BCUT2D eigenvalue weighted by Crippen LogP contribution is 2.13. The minimum atomic E-state index is 0. The molecule has 0 aliphatic carbocycles. The fourth-order valence-electron chi connectivity index (χ4n) is 1.88. The summed E-state index contributed by atoms with van der Waals surface area (Å²) in [5, 5.41) is 9.92. The van der Waals surface area contributed by atoms with E-state index in [4.69, 9.17) is 4.74 Å². The molecule has 0 saturated carbocycles. The van der Waals surface area contributed by atoms with Crippen molar-refractivity contribution in [3.8, 4) is 5.75 Å². The predicted molar refractivity (Wildman–Crippen MR) is 78.2 cm³/mol. The van der Waals surface area contributed by atoms with Crippen molar-refractivity contribution in [2.75, 3.05) is 20.2 Å². The molecule has 0 N–H and O–H groups in total. The van der Waals surface area contributed by atoms with Crippen molar-refractivity contribution < 1.29 is 4.74 Å². The van der Waals surface area contributed by atoms with E-state index in [1.807, 2.05) is 29.4 Å². The third-order valence-corrected chi connectivity index (χ3v) is 2.90. The lowest BCUT2D eigenvalue weighted by Crippen LogP contribution is -2.13. The molecule has 0 radical (unpaired) electrons. The van der Waals surface area contributed by atoms with Gasteiger partial charge in [-0.1, -0.05) is 24.8 Å². The molecule has 0 amide bonds. The summed E-state index contributed by atoms with van der Waals surface area (Å²) in [6, 6.07) is 8.27. The van der Waals surface area contributed by atoms with Gasteiger partial charge >= 0.3 is 0 Å². The van der Waals surface area contributed by atoms with Gasteiger partial charge in [0.1, 0.15) is 5.75 Å². The Morgan fingerprint density at radius 2 is 2.00 bits per heavy atom. The topological polar surface area (TPSA) is 37.2 Å². The highest BCUT2D eigenvalue weighted by atomic mass is 16.5. The number of unbranched alkanes of at least 4 members (excludes halogenated alkanes) is 1. The summed E-state index contributed by atoms with van der Waals surface area (Å²) in [6.07, 6.45) is 7.40. The van der Waals surface area contributed by atoms with Gasteiger partial charge in [0.05, 0.1) is 13.7 Å². The maximum absolute atomic E-state index is 5.14. The number of hydrogen-bond donors (Lipinski definition) is 0. The molecule has 0 fully saturated rings. The molecule has 1 aromatic rings. The highest BCUT2D eigenvalue weighted by Gasteiger charge is 2.00. The van der Waals surface area contributed by atoms with Crippen LogP contribution in [0.1, 0.15) is 25.8 Å². The van der Waals surface area contributed by atoms with Crippen molar-refractivity contribution in [2.45, 2.75) is 26.7 Å². The summed E-state index contributed by atoms with van der Waals surface area (Å²) >= 11 is 0. The van der Waals surface area contributed by atoms with Crippen LogP contribution in [-0.2, 0) is 6.42 Å². The zero-order valence-corrected chi connectivity index (χ0v) is 10.7. The molecule has 0 saturated heterocycles. The third kappa shape index (κ3) is 5.12. The van der Waals surface area contributed by atoms with Gasteiger partial charge < -0.3 is 4.74 Å². The van der Waals surface area contributed by atoms with Crippen molar-refractivity contribution >= 4 is 0 Å². The van der Waals surface area contributed by atoms with Gasteiger partial charge in [-0.2, -0.15) is 5.11 Å². The molecule has 4 nitrogen and oxygen atoms in total. The summed E-state index contributed by atoms with van der Waals surface area (Å²) < 4.78 is 5.14. The third-order valence-electron chi connectivity index (χ3n) is 2.90. The van der Waals surface area contributed by atoms with Crippen molar-refractivity contribution in [3.05, 3.63) is 42.1 Å². The van der Waals surface area contributed by atoms with Crippen LogP contribution in [0, 0.1) is 0 Å². The fraction of sp³-hybridized carbons (Fsp3) is 0.467. The van der Waals surface area contributed by atoms with Crippen LogP contribution < -0.4 is 4.74 Å². The van der Waals surface area contributed by atoms with Crippen LogP contribution in [-0.4, -0.2) is 25.2 Å². The van der Waals surface area contributed by atoms with E-state index >= 15 is 0 Å². The molecule has 1 heterocycles. The van der Waals surface area contributed by atoms with Gasteiger partial charge in [-0.25, -0.2) is 0 Å². The molecule has 1 aliphatic heterocycles. The van der Waals surface area contributed by atoms with Crippen LogP contribution in [0.5, 0.6) is 5.75 Å². The van der Waals surface area contributed by atoms with E-state index in [1.54, 1.807) is 7.11 Å². The van der Waals surface area contributed by atoms with E-state index in [1.165, 1.54) is 5.56 Å². The second-order valence-corrected chi connectivity index (χ2v) is 4.27. The summed E-state index contributed by atoms with van der Waals surface area (Å²) in [5.74, 6) is 0.914. The van der Waals surface area contributed by atoms with Gasteiger partial charge in [-0.05, 0) is 43.0 Å². The van der Waals surface area contributed by atoms with Crippen LogP contribution in [0.2, 0.25) is 0 Å². The maximum Gasteiger partial charge on any atom is 0.118 e. The predicted octanol–water partition coefficient (Wildman–Crippen LogP) is 3.85. The average Bonchev–Trinajstić information content (AvgIpc) is 2.45. The average molecular weight is 261 g/mol. The zero-order chi connectivity index (χ0) is 12.6. The number of hydrogen-bond acceptors (Lipinski definition) is 4. The van der Waals surface area contributed by atoms with E-state index in [-0.39, 0.29) is 7.43 Å². The summed E-state index contributed by atoms with van der Waals surface area (Å²) in [4.78, 5) is 0. The van der Waals surface area contributed by atoms with Crippen molar-refractivity contribution in [1.29, 1.82) is 0 Å². The number of benzene rings is 1. The number of methoxy groups -OCH3 is 1. The quantitative estimate of drug-likeness (QED) is 0.729. The molecule has 0 spiro atoms. The van der Waals surface area contributed by atoms with Crippen molar-refractivity contribution in [2.24, 2.45) is 10.3 Å². The van der Waals surface area contributed by atoms with Gasteiger partial charge in [-0.3, -0.25) is 5.01 Å². The molecule has 19 heavy (non-hydrogen) atoms. The smallest absolute Gasteiger partial charge is 0.118 e. The Morgan fingerprint density at radius 3 is 2.63 bits per heavy atom. The first kappa shape index (κ1) is 15.2. The van der Waals surface area contributed by atoms with Crippen LogP contribution in [0.4, 0.5) is 0 Å². The first-order chi connectivity index (χ1) is 8.88. The molecular weight excluding hydrogens is 238 g/mol. The normalized spacial score (nSPS) is 13.2. The van der Waals surface area contributed by atoms with Crippen LogP contribution >= 0.6 is 0 Å². The Bertz CT molecular complexity index is 400. The molecular formula is C15H23N3O. The number of nitrogens with zero attached hydrogens (tertiary/aromatic N) is 3. The molecule has 0 aromatic heterocycles. The first-order valence-corrected chi connectivity index (χ1v) is 6.32. The summed E-state index contributed by atoms with van der Waals surface area (Å²) in [7, 11) is 1.69. The van der Waals surface area contributed by atoms with Gasteiger partial charge in [0.25, 0.3) is 0 Å². The lowest BCUT2D eigenvalue weighted by Gasteiger charge is -2.14. The maximum atomic E-state index is 5.14. The minimum Gasteiger partial charge on any atom is -0.497 e. The second kappa shape index (κ2) is 8.29. The summed E-state index contributed by atoms with van der Waals surface area (Å²) in [5.41, 5.74) is 1.35. The summed E-state index contributed by atoms with van der Waals surface area (Å²) in [6.45, 7) is 1.65.